The number of nitrogens with zero attached hydrogens (tertiary/aromatic N) is 7. The summed E-state index contributed by atoms with van der Waals surface area (Å²) in [4.78, 5) is 57.0. The maximum Gasteiger partial charge on any atom is 0.511 e. The molecular formula is C33H38ClN7O10. The largest absolute Gasteiger partial charge is 0.511 e. The number of aromatic nitrogens is 6. The van der Waals surface area contributed by atoms with Crippen LogP contribution in [0.25, 0.3) is 22.5 Å². The maximum atomic E-state index is 13.2. The number of esters is 1. The van der Waals surface area contributed by atoms with Crippen LogP contribution >= 0.6 is 11.6 Å². The molecule has 18 heteroatoms. The fourth-order valence-corrected chi connectivity index (χ4v) is 5.19. The van der Waals surface area contributed by atoms with Crippen LogP contribution in [0.1, 0.15) is 74.8 Å². The van der Waals surface area contributed by atoms with E-state index in [0.29, 0.717) is 37.1 Å². The second-order valence-electron chi connectivity index (χ2n) is 11.0. The predicted octanol–water partition coefficient (Wildman–Crippen LogP) is 6.29. The Morgan fingerprint density at radius 2 is 1.67 bits per heavy atom. The Morgan fingerprint density at radius 1 is 0.941 bits per heavy atom. The summed E-state index contributed by atoms with van der Waals surface area (Å²) in [6.45, 7) is 5.48. The number of rotatable bonds is 18. The van der Waals surface area contributed by atoms with Crippen molar-refractivity contribution in [1.29, 1.82) is 0 Å². The van der Waals surface area contributed by atoms with Crippen molar-refractivity contribution < 1.29 is 43.3 Å². The molecule has 0 bridgehead atoms. The molecular weight excluding hydrogens is 690 g/mol. The van der Waals surface area contributed by atoms with E-state index < -0.39 is 29.6 Å². The molecule has 0 amide bonds. The van der Waals surface area contributed by atoms with Crippen LogP contribution in [0.5, 0.6) is 0 Å². The first-order chi connectivity index (χ1) is 24.6. The average Bonchev–Trinajstić information content (AvgIpc) is 3.71. The molecule has 4 rings (SSSR count). The highest BCUT2D eigenvalue weighted by atomic mass is 35.5. The van der Waals surface area contributed by atoms with Gasteiger partial charge in [-0.05, 0) is 54.5 Å². The minimum atomic E-state index is -1.22. The Balaban J connectivity index is 1.47. The van der Waals surface area contributed by atoms with Gasteiger partial charge in [0.2, 0.25) is 12.1 Å². The van der Waals surface area contributed by atoms with Crippen LogP contribution in [0.4, 0.5) is 9.59 Å². The van der Waals surface area contributed by atoms with E-state index in [0.717, 1.165) is 34.3 Å². The summed E-state index contributed by atoms with van der Waals surface area (Å²) >= 11 is 6.45. The van der Waals surface area contributed by atoms with Gasteiger partial charge in [0.1, 0.15) is 5.82 Å². The molecule has 2 heterocycles. The molecule has 0 saturated heterocycles. The summed E-state index contributed by atoms with van der Waals surface area (Å²) in [6.07, 6.45) is 0.805. The molecule has 17 nitrogen and oxygen atoms in total. The molecule has 0 N–H and O–H groups in total. The number of halogens is 1. The van der Waals surface area contributed by atoms with Gasteiger partial charge in [0.15, 0.2) is 10.8 Å². The number of benzene rings is 2. The molecule has 0 radical (unpaired) electrons. The van der Waals surface area contributed by atoms with E-state index in [4.69, 9.17) is 30.5 Å². The molecule has 0 saturated carbocycles. The lowest BCUT2D eigenvalue weighted by molar-refractivity contribution is -0.757. The van der Waals surface area contributed by atoms with Crippen LogP contribution in [0.15, 0.2) is 48.5 Å². The van der Waals surface area contributed by atoms with Gasteiger partial charge < -0.3 is 28.4 Å². The van der Waals surface area contributed by atoms with Crippen molar-refractivity contribution in [3.8, 4) is 22.5 Å². The molecule has 2 aromatic heterocycles. The molecule has 1 atom stereocenters. The Bertz CT molecular complexity index is 1790. The van der Waals surface area contributed by atoms with Crippen molar-refractivity contribution >= 4 is 29.8 Å². The Kier molecular flexibility index (Phi) is 14.2. The van der Waals surface area contributed by atoms with Gasteiger partial charge in [-0.3, -0.25) is 0 Å². The van der Waals surface area contributed by atoms with Crippen molar-refractivity contribution in [2.75, 3.05) is 19.8 Å². The fourth-order valence-electron chi connectivity index (χ4n) is 4.91. The van der Waals surface area contributed by atoms with Crippen LogP contribution < -0.4 is 0 Å². The number of hydrogen-bond acceptors (Lipinski definition) is 14. The number of carbonyl (C=O) groups is 3. The van der Waals surface area contributed by atoms with E-state index in [-0.39, 0.29) is 43.0 Å². The van der Waals surface area contributed by atoms with Crippen molar-refractivity contribution in [2.45, 2.75) is 72.1 Å². The summed E-state index contributed by atoms with van der Waals surface area (Å²) < 4.78 is 22.0. The second-order valence-corrected chi connectivity index (χ2v) is 11.4. The highest BCUT2D eigenvalue weighted by Gasteiger charge is 2.26. The Morgan fingerprint density at radius 3 is 2.37 bits per heavy atom. The topological polar surface area (TPSA) is 202 Å². The maximum absolute atomic E-state index is 13.2. The van der Waals surface area contributed by atoms with Gasteiger partial charge in [-0.2, -0.15) is 0 Å². The van der Waals surface area contributed by atoms with Gasteiger partial charge in [-0.25, -0.2) is 19.4 Å². The lowest BCUT2D eigenvalue weighted by Gasteiger charge is -2.16. The quantitative estimate of drug-likeness (QED) is 0.0276. The lowest BCUT2D eigenvalue weighted by Crippen LogP contribution is -2.24. The van der Waals surface area contributed by atoms with Gasteiger partial charge in [0.25, 0.3) is 5.09 Å². The van der Waals surface area contributed by atoms with Crippen molar-refractivity contribution in [3.63, 3.8) is 0 Å². The first kappa shape index (κ1) is 38.2. The van der Waals surface area contributed by atoms with E-state index >= 15 is 0 Å². The molecule has 0 aliphatic carbocycles. The number of carbonyl (C=O) groups excluding carboxylic acids is 3. The van der Waals surface area contributed by atoms with Crippen molar-refractivity contribution in [3.05, 3.63) is 80.9 Å². The van der Waals surface area contributed by atoms with E-state index in [9.17, 15) is 24.5 Å². The van der Waals surface area contributed by atoms with Crippen LogP contribution in [-0.4, -0.2) is 79.2 Å². The number of ether oxygens (including phenoxy) is 4. The van der Waals surface area contributed by atoms with E-state index in [1.807, 2.05) is 49.4 Å². The lowest BCUT2D eigenvalue weighted by atomic mass is 9.98. The number of tetrazole rings is 1. The Labute approximate surface area is 297 Å². The average molecular weight is 728 g/mol. The molecule has 272 valence electrons. The zero-order valence-corrected chi connectivity index (χ0v) is 29.1. The first-order valence-electron chi connectivity index (χ1n) is 16.3. The number of unbranched alkanes of at least 4 members (excludes halogenated alkanes) is 3. The zero-order valence-electron chi connectivity index (χ0n) is 28.4. The summed E-state index contributed by atoms with van der Waals surface area (Å²) in [7, 11) is 0. The molecule has 51 heavy (non-hydrogen) atoms. The third kappa shape index (κ3) is 11.0. The van der Waals surface area contributed by atoms with Crippen LogP contribution in [-0.2, 0) is 36.8 Å². The molecule has 0 aliphatic heterocycles. The molecule has 2 aromatic carbocycles. The van der Waals surface area contributed by atoms with Gasteiger partial charge in [-0.1, -0.05) is 78.3 Å². The normalized spacial score (nSPS) is 11.5. The minimum Gasteiger partial charge on any atom is -0.447 e. The minimum absolute atomic E-state index is 0.0234. The van der Waals surface area contributed by atoms with Gasteiger partial charge in [0, 0.05) is 25.5 Å². The van der Waals surface area contributed by atoms with Crippen molar-refractivity contribution in [1.82, 2.24) is 29.8 Å². The molecule has 4 aromatic rings. The van der Waals surface area contributed by atoms with E-state index in [2.05, 4.69) is 25.2 Å². The SMILES string of the molecule is CCCCc1nc(Cl)c(C(=O)OC(C)OC(=O)OCC)n1Cc1ccc(-c2ccccc2-c2nnn(C(=O)OCCCCCO[N+](=O)[O-])n2)cc1. The highest BCUT2D eigenvalue weighted by molar-refractivity contribution is 6.32. The van der Waals surface area contributed by atoms with Crippen LogP contribution in [0.2, 0.25) is 5.15 Å². The van der Waals surface area contributed by atoms with Crippen LogP contribution in [0, 0.1) is 10.1 Å². The van der Waals surface area contributed by atoms with E-state index in [1.54, 1.807) is 17.6 Å². The fraction of sp³-hybridized carbons (Fsp3) is 0.424. The highest BCUT2D eigenvalue weighted by Crippen LogP contribution is 2.30. The van der Waals surface area contributed by atoms with Crippen molar-refractivity contribution in [2.24, 2.45) is 0 Å². The monoisotopic (exact) mass is 727 g/mol. The second kappa shape index (κ2) is 19.0. The van der Waals surface area contributed by atoms with Gasteiger partial charge >= 0.3 is 18.2 Å². The third-order valence-corrected chi connectivity index (χ3v) is 7.57. The summed E-state index contributed by atoms with van der Waals surface area (Å²) in [6, 6.07) is 15.0. The molecule has 0 spiro atoms. The number of imidazole rings is 1. The van der Waals surface area contributed by atoms with Gasteiger partial charge in [0.05, 0.1) is 19.8 Å². The van der Waals surface area contributed by atoms with Crippen LogP contribution in [0.3, 0.4) is 0 Å². The first-order valence-corrected chi connectivity index (χ1v) is 16.7. The van der Waals surface area contributed by atoms with E-state index in [1.165, 1.54) is 6.92 Å². The molecule has 0 aliphatic rings. The number of aryl methyl sites for hydroxylation is 1. The smallest absolute Gasteiger partial charge is 0.447 e. The summed E-state index contributed by atoms with van der Waals surface area (Å²) in [5, 5.41) is 21.5. The predicted molar refractivity (Wildman–Crippen MR) is 180 cm³/mol. The standard InChI is InChI=1S/C33H38ClN7O10/c1-4-6-14-27-35-29(34)28(31(42)50-22(3)51-33(44)47-5-2)39(27)21-23-15-17-24(18-16-23)25-12-8-9-13-26(25)30-36-38-40(37-30)32(43)48-19-10-7-11-20-49-41(45)46/h8-9,12-13,15-18,22H,4-7,10-11,14,19-21H2,1-3H3. The zero-order chi connectivity index (χ0) is 36.8. The van der Waals surface area contributed by atoms with Gasteiger partial charge in [-0.15, -0.1) is 20.3 Å². The molecule has 0 fully saturated rings. The third-order valence-electron chi connectivity index (χ3n) is 7.31. The summed E-state index contributed by atoms with van der Waals surface area (Å²) in [5.41, 5.74) is 3.11. The summed E-state index contributed by atoms with van der Waals surface area (Å²) in [5.74, 6) is 0.0148. The Hall–Kier alpha value is -5.58. The molecule has 1 unspecified atom stereocenters. The number of hydrogen-bond donors (Lipinski definition) is 0.